The molecule has 2 aromatic rings. The molecule has 0 atom stereocenters. The molecule has 0 heterocycles. The Balaban J connectivity index is 2.06. The number of allylic oxidation sites excluding steroid dienone is 1. The lowest BCUT2D eigenvalue weighted by Gasteiger charge is -2.18. The number of unbranched alkanes of at least 4 members (excludes halogenated alkanes) is 1. The number of benzene rings is 2. The SMILES string of the molecule is CCCC[C]1C(c2cccc(C)c2C)=Cc2ccccc21. The van der Waals surface area contributed by atoms with Crippen molar-refractivity contribution in [3.63, 3.8) is 0 Å². The maximum Gasteiger partial charge on any atom is 0.0352 e. The first-order chi connectivity index (χ1) is 10.2. The van der Waals surface area contributed by atoms with Gasteiger partial charge >= 0.3 is 0 Å². The summed E-state index contributed by atoms with van der Waals surface area (Å²) in [6.45, 7) is 6.71. The van der Waals surface area contributed by atoms with E-state index in [-0.39, 0.29) is 0 Å². The predicted octanol–water partition coefficient (Wildman–Crippen LogP) is 5.97. The van der Waals surface area contributed by atoms with Gasteiger partial charge < -0.3 is 0 Å². The Kier molecular flexibility index (Phi) is 3.96. The largest absolute Gasteiger partial charge is 0.0654 e. The summed E-state index contributed by atoms with van der Waals surface area (Å²) < 4.78 is 0. The average Bonchev–Trinajstić information content (AvgIpc) is 2.86. The molecule has 0 bridgehead atoms. The van der Waals surface area contributed by atoms with Crippen molar-refractivity contribution in [2.24, 2.45) is 0 Å². The van der Waals surface area contributed by atoms with Gasteiger partial charge in [-0.15, -0.1) is 0 Å². The molecular weight excluding hydrogens is 252 g/mol. The summed E-state index contributed by atoms with van der Waals surface area (Å²) in [5.74, 6) is 1.53. The lowest BCUT2D eigenvalue weighted by Crippen LogP contribution is -2.02. The van der Waals surface area contributed by atoms with Gasteiger partial charge in [-0.3, -0.25) is 0 Å². The molecule has 1 radical (unpaired) electrons. The van der Waals surface area contributed by atoms with E-state index in [0.29, 0.717) is 0 Å². The number of rotatable bonds is 4. The van der Waals surface area contributed by atoms with Crippen molar-refractivity contribution < 1.29 is 0 Å². The quantitative estimate of drug-likeness (QED) is 0.644. The van der Waals surface area contributed by atoms with Gasteiger partial charge in [0.25, 0.3) is 0 Å². The molecule has 0 N–H and O–H groups in total. The van der Waals surface area contributed by atoms with E-state index < -0.39 is 0 Å². The molecule has 0 heteroatoms. The van der Waals surface area contributed by atoms with Gasteiger partial charge in [0.05, 0.1) is 0 Å². The molecule has 0 aromatic heterocycles. The third-order valence-corrected chi connectivity index (χ3v) is 4.59. The fourth-order valence-electron chi connectivity index (χ4n) is 3.19. The molecule has 107 valence electrons. The summed E-state index contributed by atoms with van der Waals surface area (Å²) in [4.78, 5) is 0. The highest BCUT2D eigenvalue weighted by atomic mass is 14.3. The van der Waals surface area contributed by atoms with E-state index in [0.717, 1.165) is 0 Å². The van der Waals surface area contributed by atoms with E-state index in [2.05, 4.69) is 69.3 Å². The molecule has 0 amide bonds. The first-order valence-corrected chi connectivity index (χ1v) is 7.96. The maximum absolute atomic E-state index is 2.38. The van der Waals surface area contributed by atoms with E-state index in [1.807, 2.05) is 0 Å². The van der Waals surface area contributed by atoms with Crippen LogP contribution in [-0.4, -0.2) is 0 Å². The minimum atomic E-state index is 1.17. The molecule has 0 saturated heterocycles. The zero-order chi connectivity index (χ0) is 14.8. The molecule has 0 spiro atoms. The number of fused-ring (bicyclic) bond motifs is 1. The van der Waals surface area contributed by atoms with E-state index in [4.69, 9.17) is 0 Å². The Morgan fingerprint density at radius 1 is 0.857 bits per heavy atom. The zero-order valence-electron chi connectivity index (χ0n) is 13.2. The third-order valence-electron chi connectivity index (χ3n) is 4.59. The summed E-state index contributed by atoms with van der Waals surface area (Å²) in [5, 5.41) is 0. The first kappa shape index (κ1) is 14.1. The van der Waals surface area contributed by atoms with Crippen LogP contribution in [-0.2, 0) is 0 Å². The fourth-order valence-corrected chi connectivity index (χ4v) is 3.19. The lowest BCUT2D eigenvalue weighted by atomic mass is 9.85. The van der Waals surface area contributed by atoms with Crippen molar-refractivity contribution in [2.45, 2.75) is 40.0 Å². The van der Waals surface area contributed by atoms with Crippen LogP contribution in [0.2, 0.25) is 0 Å². The smallest absolute Gasteiger partial charge is 0.0352 e. The number of aryl methyl sites for hydroxylation is 1. The van der Waals surface area contributed by atoms with Crippen LogP contribution in [0.15, 0.2) is 42.5 Å². The van der Waals surface area contributed by atoms with E-state index in [1.54, 1.807) is 0 Å². The van der Waals surface area contributed by atoms with Gasteiger partial charge in [-0.05, 0) is 59.7 Å². The molecule has 3 rings (SSSR count). The van der Waals surface area contributed by atoms with Crippen LogP contribution in [0.25, 0.3) is 11.6 Å². The molecule has 1 aliphatic carbocycles. The van der Waals surface area contributed by atoms with E-state index in [9.17, 15) is 0 Å². The van der Waals surface area contributed by atoms with E-state index >= 15 is 0 Å². The normalized spacial score (nSPS) is 14.1. The highest BCUT2D eigenvalue weighted by Crippen LogP contribution is 2.44. The van der Waals surface area contributed by atoms with Crippen molar-refractivity contribution in [3.8, 4) is 0 Å². The molecule has 0 fully saturated rings. The second kappa shape index (κ2) is 5.89. The van der Waals surface area contributed by atoms with Gasteiger partial charge in [-0.1, -0.05) is 62.2 Å². The van der Waals surface area contributed by atoms with Crippen molar-refractivity contribution in [1.29, 1.82) is 0 Å². The fraction of sp³-hybridized carbons (Fsp3) is 0.286. The van der Waals surface area contributed by atoms with Crippen LogP contribution in [0, 0.1) is 19.8 Å². The van der Waals surface area contributed by atoms with Crippen molar-refractivity contribution >= 4 is 11.6 Å². The summed E-state index contributed by atoms with van der Waals surface area (Å²) in [6, 6.07) is 15.5. The van der Waals surface area contributed by atoms with Crippen LogP contribution in [0.4, 0.5) is 0 Å². The van der Waals surface area contributed by atoms with Gasteiger partial charge in [0.1, 0.15) is 0 Å². The molecular formula is C21H23. The third kappa shape index (κ3) is 2.55. The number of hydrogen-bond acceptors (Lipinski definition) is 0. The predicted molar refractivity (Wildman–Crippen MR) is 92.1 cm³/mol. The Bertz CT molecular complexity index is 676. The first-order valence-electron chi connectivity index (χ1n) is 7.96. The summed E-state index contributed by atoms with van der Waals surface area (Å²) >= 11 is 0. The standard InChI is InChI=1S/C21H23/c1-4-5-11-20-19-12-7-6-10-17(19)14-21(20)18-13-8-9-15(2)16(18)3/h6-10,12-14H,4-5,11H2,1-3H3. The Morgan fingerprint density at radius 3 is 2.43 bits per heavy atom. The topological polar surface area (TPSA) is 0 Å². The summed E-state index contributed by atoms with van der Waals surface area (Å²) in [7, 11) is 0. The second-order valence-electron chi connectivity index (χ2n) is 5.97. The molecule has 0 saturated carbocycles. The van der Waals surface area contributed by atoms with E-state index in [1.165, 1.54) is 58.6 Å². The molecule has 0 nitrogen and oxygen atoms in total. The highest BCUT2D eigenvalue weighted by molar-refractivity contribution is 5.99. The average molecular weight is 275 g/mol. The second-order valence-corrected chi connectivity index (χ2v) is 5.97. The van der Waals surface area contributed by atoms with Crippen LogP contribution >= 0.6 is 0 Å². The van der Waals surface area contributed by atoms with Gasteiger partial charge in [-0.2, -0.15) is 0 Å². The van der Waals surface area contributed by atoms with Crippen LogP contribution in [0.5, 0.6) is 0 Å². The monoisotopic (exact) mass is 275 g/mol. The van der Waals surface area contributed by atoms with Gasteiger partial charge in [0.2, 0.25) is 0 Å². The Labute approximate surface area is 128 Å². The summed E-state index contributed by atoms with van der Waals surface area (Å²) in [6.07, 6.45) is 6.05. The Morgan fingerprint density at radius 2 is 1.62 bits per heavy atom. The molecule has 0 aliphatic heterocycles. The lowest BCUT2D eigenvalue weighted by molar-refractivity contribution is 0.768. The van der Waals surface area contributed by atoms with Crippen molar-refractivity contribution in [3.05, 3.63) is 76.2 Å². The highest BCUT2D eigenvalue weighted by Gasteiger charge is 2.27. The molecule has 2 aromatic carbocycles. The van der Waals surface area contributed by atoms with Crippen molar-refractivity contribution in [2.75, 3.05) is 0 Å². The summed E-state index contributed by atoms with van der Waals surface area (Å²) in [5.41, 5.74) is 8.43. The van der Waals surface area contributed by atoms with Crippen LogP contribution in [0.3, 0.4) is 0 Å². The number of hydrogen-bond donors (Lipinski definition) is 0. The van der Waals surface area contributed by atoms with Crippen LogP contribution in [0.1, 0.15) is 54.0 Å². The minimum Gasteiger partial charge on any atom is -0.0654 e. The zero-order valence-corrected chi connectivity index (χ0v) is 13.2. The van der Waals surface area contributed by atoms with Crippen LogP contribution < -0.4 is 0 Å². The van der Waals surface area contributed by atoms with Crippen molar-refractivity contribution in [1.82, 2.24) is 0 Å². The molecule has 0 unspecified atom stereocenters. The van der Waals surface area contributed by atoms with Gasteiger partial charge in [-0.25, -0.2) is 0 Å². The minimum absolute atomic E-state index is 1.17. The molecule has 21 heavy (non-hydrogen) atoms. The van der Waals surface area contributed by atoms with Gasteiger partial charge in [0, 0.05) is 5.92 Å². The van der Waals surface area contributed by atoms with Gasteiger partial charge in [0.15, 0.2) is 0 Å². The molecule has 1 aliphatic rings. The Hall–Kier alpha value is -1.82. The maximum atomic E-state index is 2.38.